The number of nitrogens with one attached hydrogen (secondary N) is 2. The first-order chi connectivity index (χ1) is 9.69. The van der Waals surface area contributed by atoms with Crippen molar-refractivity contribution >= 4 is 27.7 Å². The van der Waals surface area contributed by atoms with Crippen molar-refractivity contribution < 1.29 is 9.53 Å². The van der Waals surface area contributed by atoms with E-state index >= 15 is 0 Å². The number of halogens is 1. The minimum Gasteiger partial charge on any atom is -0.382 e. The molecular formula is C14H22BrN3O2. The Bertz CT molecular complexity index is 427. The zero-order valence-electron chi connectivity index (χ0n) is 12.0. The van der Waals surface area contributed by atoms with Crippen molar-refractivity contribution in [1.82, 2.24) is 10.3 Å². The number of anilines is 1. The van der Waals surface area contributed by atoms with Crippen molar-refractivity contribution in [1.29, 1.82) is 0 Å². The summed E-state index contributed by atoms with van der Waals surface area (Å²) in [5.41, 5.74) is 0.559. The van der Waals surface area contributed by atoms with E-state index in [-0.39, 0.29) is 5.91 Å². The molecule has 112 valence electrons. The van der Waals surface area contributed by atoms with Gasteiger partial charge in [0.1, 0.15) is 5.82 Å². The van der Waals surface area contributed by atoms with Gasteiger partial charge >= 0.3 is 0 Å². The zero-order valence-corrected chi connectivity index (χ0v) is 13.6. The molecule has 0 aliphatic carbocycles. The van der Waals surface area contributed by atoms with Gasteiger partial charge in [0.15, 0.2) is 0 Å². The first-order valence-electron chi connectivity index (χ1n) is 6.94. The molecular weight excluding hydrogens is 322 g/mol. The van der Waals surface area contributed by atoms with E-state index in [1.165, 1.54) is 0 Å². The Labute approximate surface area is 128 Å². The molecule has 1 heterocycles. The van der Waals surface area contributed by atoms with Crippen molar-refractivity contribution in [2.75, 3.05) is 31.6 Å². The van der Waals surface area contributed by atoms with Gasteiger partial charge in [-0.3, -0.25) is 4.79 Å². The average molecular weight is 344 g/mol. The lowest BCUT2D eigenvalue weighted by Gasteiger charge is -2.11. The van der Waals surface area contributed by atoms with E-state index < -0.39 is 0 Å². The Morgan fingerprint density at radius 1 is 1.40 bits per heavy atom. The summed E-state index contributed by atoms with van der Waals surface area (Å²) >= 11 is 3.34. The van der Waals surface area contributed by atoms with Gasteiger partial charge in [0.2, 0.25) is 0 Å². The van der Waals surface area contributed by atoms with Crippen LogP contribution in [0.4, 0.5) is 5.82 Å². The van der Waals surface area contributed by atoms with Crippen molar-refractivity contribution in [3.63, 3.8) is 0 Å². The maximum absolute atomic E-state index is 12.2. The lowest BCUT2D eigenvalue weighted by Crippen LogP contribution is -2.26. The largest absolute Gasteiger partial charge is 0.382 e. The molecule has 1 amide bonds. The van der Waals surface area contributed by atoms with E-state index in [1.807, 2.05) is 6.92 Å². The number of nitrogens with zero attached hydrogens (tertiary/aromatic N) is 1. The van der Waals surface area contributed by atoms with Crippen LogP contribution in [0.2, 0.25) is 0 Å². The van der Waals surface area contributed by atoms with Crippen LogP contribution < -0.4 is 10.6 Å². The van der Waals surface area contributed by atoms with E-state index in [0.29, 0.717) is 31.1 Å². The van der Waals surface area contributed by atoms with Crippen LogP contribution >= 0.6 is 15.9 Å². The fraction of sp³-hybridized carbons (Fsp3) is 0.571. The van der Waals surface area contributed by atoms with Crippen LogP contribution in [0, 0.1) is 0 Å². The van der Waals surface area contributed by atoms with Gasteiger partial charge in [0, 0.05) is 37.0 Å². The molecule has 0 aliphatic rings. The lowest BCUT2D eigenvalue weighted by atomic mass is 10.2. The highest BCUT2D eigenvalue weighted by molar-refractivity contribution is 9.10. The summed E-state index contributed by atoms with van der Waals surface area (Å²) in [6.45, 7) is 6.78. The van der Waals surface area contributed by atoms with Gasteiger partial charge < -0.3 is 15.4 Å². The summed E-state index contributed by atoms with van der Waals surface area (Å²) in [6, 6.07) is 1.78. The van der Waals surface area contributed by atoms with Crippen LogP contribution in [-0.4, -0.2) is 37.2 Å². The third kappa shape index (κ3) is 5.88. The third-order valence-corrected chi connectivity index (χ3v) is 3.03. The highest BCUT2D eigenvalue weighted by Gasteiger charge is 2.12. The van der Waals surface area contributed by atoms with Gasteiger partial charge in [-0.25, -0.2) is 4.98 Å². The zero-order chi connectivity index (χ0) is 14.8. The number of hydrogen-bond acceptors (Lipinski definition) is 4. The van der Waals surface area contributed by atoms with Crippen LogP contribution in [0.15, 0.2) is 16.7 Å². The molecule has 0 saturated heterocycles. The maximum atomic E-state index is 12.2. The molecule has 1 aromatic heterocycles. The highest BCUT2D eigenvalue weighted by atomic mass is 79.9. The van der Waals surface area contributed by atoms with Gasteiger partial charge in [-0.2, -0.15) is 0 Å². The molecule has 0 spiro atoms. The summed E-state index contributed by atoms with van der Waals surface area (Å²) in [7, 11) is 0. The molecule has 0 aliphatic heterocycles. The Kier molecular flexibility index (Phi) is 8.22. The van der Waals surface area contributed by atoms with E-state index in [9.17, 15) is 4.79 Å². The lowest BCUT2D eigenvalue weighted by molar-refractivity contribution is 0.0944. The number of pyridine rings is 1. The minimum atomic E-state index is -0.117. The quantitative estimate of drug-likeness (QED) is 0.676. The van der Waals surface area contributed by atoms with Crippen LogP contribution in [0.5, 0.6) is 0 Å². The normalized spacial score (nSPS) is 10.3. The van der Waals surface area contributed by atoms with Crippen LogP contribution in [0.1, 0.15) is 37.0 Å². The van der Waals surface area contributed by atoms with Crippen molar-refractivity contribution in [2.45, 2.75) is 26.7 Å². The molecule has 5 nitrogen and oxygen atoms in total. The second kappa shape index (κ2) is 9.72. The van der Waals surface area contributed by atoms with E-state index in [0.717, 1.165) is 23.9 Å². The smallest absolute Gasteiger partial charge is 0.255 e. The topological polar surface area (TPSA) is 63.2 Å². The molecule has 0 radical (unpaired) electrons. The predicted octanol–water partition coefficient (Wildman–Crippen LogP) is 2.82. The number of hydrogen-bond donors (Lipinski definition) is 2. The third-order valence-electron chi connectivity index (χ3n) is 2.60. The summed E-state index contributed by atoms with van der Waals surface area (Å²) < 4.78 is 6.02. The van der Waals surface area contributed by atoms with Gasteiger partial charge in [-0.1, -0.05) is 6.92 Å². The highest BCUT2D eigenvalue weighted by Crippen LogP contribution is 2.18. The number of rotatable bonds is 9. The minimum absolute atomic E-state index is 0.117. The second-order valence-electron chi connectivity index (χ2n) is 4.28. The first-order valence-corrected chi connectivity index (χ1v) is 7.73. The molecule has 0 unspecified atom stereocenters. The molecule has 20 heavy (non-hydrogen) atoms. The molecule has 0 saturated carbocycles. The fourth-order valence-corrected chi connectivity index (χ4v) is 1.94. The number of carbonyl (C=O) groups excluding carboxylic acids is 1. The second-order valence-corrected chi connectivity index (χ2v) is 5.20. The van der Waals surface area contributed by atoms with E-state index in [4.69, 9.17) is 4.74 Å². The molecule has 6 heteroatoms. The molecule has 0 bridgehead atoms. The molecule has 1 aromatic rings. The van der Waals surface area contributed by atoms with Gasteiger partial charge in [-0.15, -0.1) is 0 Å². The molecule has 0 fully saturated rings. The maximum Gasteiger partial charge on any atom is 0.255 e. The van der Waals surface area contributed by atoms with Gasteiger partial charge in [0.25, 0.3) is 5.91 Å². The summed E-state index contributed by atoms with van der Waals surface area (Å²) in [5, 5.41) is 6.05. The van der Waals surface area contributed by atoms with Crippen LogP contribution in [0.25, 0.3) is 0 Å². The standard InChI is InChI=1S/C14H22BrN3O2/c1-3-6-16-13-12(9-11(15)10-18-13)14(19)17-7-5-8-20-4-2/h9-10H,3-8H2,1-2H3,(H,16,18)(H,17,19). The Balaban J connectivity index is 2.58. The molecule has 0 aromatic carbocycles. The predicted molar refractivity (Wildman–Crippen MR) is 84.2 cm³/mol. The van der Waals surface area contributed by atoms with Crippen molar-refractivity contribution in [2.24, 2.45) is 0 Å². The van der Waals surface area contributed by atoms with Gasteiger partial charge in [-0.05, 0) is 41.8 Å². The number of carbonyl (C=O) groups is 1. The number of ether oxygens (including phenoxy) is 1. The Morgan fingerprint density at radius 3 is 2.90 bits per heavy atom. The van der Waals surface area contributed by atoms with Gasteiger partial charge in [0.05, 0.1) is 5.56 Å². The number of aromatic nitrogens is 1. The fourth-order valence-electron chi connectivity index (χ4n) is 1.61. The first kappa shape index (κ1) is 16.9. The monoisotopic (exact) mass is 343 g/mol. The summed E-state index contributed by atoms with van der Waals surface area (Å²) in [4.78, 5) is 16.4. The van der Waals surface area contributed by atoms with E-state index in [1.54, 1.807) is 12.3 Å². The van der Waals surface area contributed by atoms with Crippen LogP contribution in [-0.2, 0) is 4.74 Å². The number of amides is 1. The average Bonchev–Trinajstić information content (AvgIpc) is 2.45. The van der Waals surface area contributed by atoms with E-state index in [2.05, 4.69) is 38.5 Å². The molecule has 1 rings (SSSR count). The summed E-state index contributed by atoms with van der Waals surface area (Å²) in [6.07, 6.45) is 3.47. The van der Waals surface area contributed by atoms with Crippen molar-refractivity contribution in [3.8, 4) is 0 Å². The Morgan fingerprint density at radius 2 is 2.20 bits per heavy atom. The SMILES string of the molecule is CCCNc1ncc(Br)cc1C(=O)NCCCOCC. The van der Waals surface area contributed by atoms with Crippen LogP contribution in [0.3, 0.4) is 0 Å². The summed E-state index contributed by atoms with van der Waals surface area (Å²) in [5.74, 6) is 0.506. The molecule has 2 N–H and O–H groups in total. The Hall–Kier alpha value is -1.14. The van der Waals surface area contributed by atoms with Crippen molar-refractivity contribution in [3.05, 3.63) is 22.3 Å². The molecule has 0 atom stereocenters.